The van der Waals surface area contributed by atoms with Gasteiger partial charge in [-0.15, -0.1) is 11.3 Å². The van der Waals surface area contributed by atoms with Crippen molar-refractivity contribution in [3.8, 4) is 5.75 Å². The van der Waals surface area contributed by atoms with E-state index in [-0.39, 0.29) is 28.5 Å². The van der Waals surface area contributed by atoms with Crippen LogP contribution in [0.2, 0.25) is 4.34 Å². The average Bonchev–Trinajstić information content (AvgIpc) is 3.70. The molecule has 2 atom stereocenters. The molecule has 1 saturated heterocycles. The number of halogens is 1. The molecule has 1 aromatic heterocycles. The van der Waals surface area contributed by atoms with Crippen LogP contribution < -0.4 is 14.8 Å². The molecule has 3 aliphatic rings. The summed E-state index contributed by atoms with van der Waals surface area (Å²) in [5.41, 5.74) is 2.63. The molecule has 0 bridgehead atoms. The molecule has 1 aromatic carbocycles. The van der Waals surface area contributed by atoms with Gasteiger partial charge < -0.3 is 14.8 Å². The zero-order valence-corrected chi connectivity index (χ0v) is 31.1. The van der Waals surface area contributed by atoms with Gasteiger partial charge in [0.15, 0.2) is 0 Å². The van der Waals surface area contributed by atoms with E-state index in [4.69, 9.17) is 21.1 Å². The van der Waals surface area contributed by atoms with Gasteiger partial charge in [0.2, 0.25) is 5.91 Å². The number of nitrogens with zero attached hydrogens (tertiary/aromatic N) is 1. The summed E-state index contributed by atoms with van der Waals surface area (Å²) in [6.45, 7) is 4.25. The van der Waals surface area contributed by atoms with Gasteiger partial charge in [-0.1, -0.05) is 69.5 Å². The second-order valence-corrected chi connectivity index (χ2v) is 17.2. The third kappa shape index (κ3) is 10.6. The molecule has 2 amide bonds. The maximum absolute atomic E-state index is 13.1. The van der Waals surface area contributed by atoms with Crippen LogP contribution in [-0.4, -0.2) is 51.4 Å². The van der Waals surface area contributed by atoms with Crippen LogP contribution >= 0.6 is 22.9 Å². The normalized spacial score (nSPS) is 20.6. The van der Waals surface area contributed by atoms with Gasteiger partial charge in [-0.2, -0.15) is 0 Å². The lowest BCUT2D eigenvalue weighted by molar-refractivity contribution is -0.119. The first kappa shape index (κ1) is 37.4. The minimum atomic E-state index is -3.97. The van der Waals surface area contributed by atoms with Crippen molar-refractivity contribution in [2.45, 2.75) is 107 Å². The number of ether oxygens (including phenoxy) is 2. The highest BCUT2D eigenvalue weighted by atomic mass is 35.5. The summed E-state index contributed by atoms with van der Waals surface area (Å²) in [5.74, 6) is 1.87. The van der Waals surface area contributed by atoms with Crippen LogP contribution in [0.3, 0.4) is 0 Å². The van der Waals surface area contributed by atoms with Crippen LogP contribution in [0.4, 0.5) is 0 Å². The van der Waals surface area contributed by atoms with E-state index in [0.717, 1.165) is 72.8 Å². The van der Waals surface area contributed by atoms with Gasteiger partial charge >= 0.3 is 0 Å². The number of nitrogens with one attached hydrogen (secondary N) is 2. The first-order chi connectivity index (χ1) is 23.6. The molecule has 0 radical (unpaired) electrons. The second-order valence-electron chi connectivity index (χ2n) is 13.5. The molecular formula is C37H50ClN3O6S2. The van der Waals surface area contributed by atoms with E-state index < -0.39 is 15.9 Å². The highest BCUT2D eigenvalue weighted by molar-refractivity contribution is 7.92. The molecule has 49 heavy (non-hydrogen) atoms. The third-order valence-electron chi connectivity index (χ3n) is 10.00. The van der Waals surface area contributed by atoms with Crippen molar-refractivity contribution in [1.29, 1.82) is 0 Å². The Hall–Kier alpha value is -2.86. The molecule has 1 aliphatic carbocycles. The fourth-order valence-electron chi connectivity index (χ4n) is 7.16. The van der Waals surface area contributed by atoms with Gasteiger partial charge in [0.25, 0.3) is 15.9 Å². The van der Waals surface area contributed by atoms with Crippen molar-refractivity contribution in [3.63, 3.8) is 0 Å². The van der Waals surface area contributed by atoms with E-state index in [1.54, 1.807) is 13.4 Å². The number of carbonyl (C=O) groups excluding carboxylic acids is 2. The lowest BCUT2D eigenvalue weighted by Crippen LogP contribution is -2.32. The molecule has 0 spiro atoms. The smallest absolute Gasteiger partial charge is 0.273 e. The summed E-state index contributed by atoms with van der Waals surface area (Å²) in [6.07, 6.45) is 17.1. The molecule has 2 aromatic rings. The Labute approximate surface area is 300 Å². The van der Waals surface area contributed by atoms with Crippen molar-refractivity contribution in [1.82, 2.24) is 14.9 Å². The number of hydrogen-bond donors (Lipinski definition) is 2. The highest BCUT2D eigenvalue weighted by Crippen LogP contribution is 2.33. The highest BCUT2D eigenvalue weighted by Gasteiger charge is 2.31. The van der Waals surface area contributed by atoms with Crippen LogP contribution in [-0.2, 0) is 37.3 Å². The minimum Gasteiger partial charge on any atom is -0.497 e. The number of aryl methyl sites for hydroxylation is 1. The van der Waals surface area contributed by atoms with Crippen molar-refractivity contribution < 1.29 is 27.5 Å². The molecule has 268 valence electrons. The second kappa shape index (κ2) is 17.9. The number of amides is 2. The Balaban J connectivity index is 1.16. The molecule has 5 rings (SSSR count). The number of unbranched alkanes of at least 4 members (excludes halogenated alkanes) is 1. The van der Waals surface area contributed by atoms with Crippen molar-refractivity contribution in [2.24, 2.45) is 11.8 Å². The van der Waals surface area contributed by atoms with E-state index in [2.05, 4.69) is 27.9 Å². The summed E-state index contributed by atoms with van der Waals surface area (Å²) < 4.78 is 39.5. The molecule has 2 aliphatic heterocycles. The number of likely N-dealkylation sites (tertiary alicyclic amines) is 1. The number of hydrogen-bond acceptors (Lipinski definition) is 8. The largest absolute Gasteiger partial charge is 0.497 e. The Bertz CT molecular complexity index is 1620. The van der Waals surface area contributed by atoms with E-state index in [9.17, 15) is 18.0 Å². The van der Waals surface area contributed by atoms with Crippen LogP contribution in [0.25, 0.3) is 0 Å². The van der Waals surface area contributed by atoms with Gasteiger partial charge in [0, 0.05) is 19.5 Å². The number of carbonyl (C=O) groups is 2. The van der Waals surface area contributed by atoms with E-state index in [1.807, 2.05) is 18.2 Å². The molecular weight excluding hydrogens is 682 g/mol. The predicted octanol–water partition coefficient (Wildman–Crippen LogP) is 7.50. The number of allylic oxidation sites excluding steroid dienone is 1. The Morgan fingerprint density at radius 3 is 2.63 bits per heavy atom. The van der Waals surface area contributed by atoms with Crippen molar-refractivity contribution in [2.75, 3.05) is 20.2 Å². The summed E-state index contributed by atoms with van der Waals surface area (Å²) >= 11 is 6.79. The van der Waals surface area contributed by atoms with Gasteiger partial charge in [0.05, 0.1) is 29.3 Å². The van der Waals surface area contributed by atoms with Gasteiger partial charge in [0.1, 0.15) is 15.7 Å². The summed E-state index contributed by atoms with van der Waals surface area (Å²) in [6, 6.07) is 8.70. The Morgan fingerprint density at radius 1 is 1.06 bits per heavy atom. The number of methoxy groups -OCH3 is 1. The maximum Gasteiger partial charge on any atom is 0.273 e. The molecule has 2 fully saturated rings. The zero-order chi connectivity index (χ0) is 34.8. The van der Waals surface area contributed by atoms with E-state index in [1.165, 1.54) is 50.7 Å². The average molecular weight is 732 g/mol. The zero-order valence-electron chi connectivity index (χ0n) is 28.7. The van der Waals surface area contributed by atoms with Gasteiger partial charge in [-0.05, 0) is 92.0 Å². The number of benzene rings is 1. The monoisotopic (exact) mass is 731 g/mol. The van der Waals surface area contributed by atoms with Gasteiger partial charge in [-0.3, -0.25) is 14.5 Å². The summed E-state index contributed by atoms with van der Waals surface area (Å²) in [5, 5.41) is 3.13. The lowest BCUT2D eigenvalue weighted by atomic mass is 9.86. The topological polar surface area (TPSA) is 114 Å². The Kier molecular flexibility index (Phi) is 13.6. The predicted molar refractivity (Wildman–Crippen MR) is 194 cm³/mol. The first-order valence-corrected chi connectivity index (χ1v) is 20.4. The van der Waals surface area contributed by atoms with Crippen LogP contribution in [0.15, 0.2) is 58.2 Å². The summed E-state index contributed by atoms with van der Waals surface area (Å²) in [4.78, 5) is 28.2. The number of rotatable bonds is 15. The van der Waals surface area contributed by atoms with Crippen LogP contribution in [0.1, 0.15) is 95.1 Å². The fraction of sp³-hybridized carbons (Fsp3) is 0.568. The molecule has 2 N–H and O–H groups in total. The number of thiophene rings is 1. The third-order valence-corrected chi connectivity index (χ3v) is 13.1. The molecule has 3 heterocycles. The van der Waals surface area contributed by atoms with Crippen molar-refractivity contribution in [3.05, 3.63) is 69.5 Å². The molecule has 12 heteroatoms. The molecule has 1 saturated carbocycles. The fourth-order valence-corrected chi connectivity index (χ4v) is 9.66. The maximum atomic E-state index is 13.1. The SMILES string of the molecule is COc1ccc(CCC(=O)NS(=O)(=O)c2ccc(Cl)s2)c(CN2CCCC2C2=CCC(C)C(C(=O)NCCCCC3CCCCC3)=CO2)c1. The van der Waals surface area contributed by atoms with Crippen LogP contribution in [0.5, 0.6) is 5.75 Å². The minimum absolute atomic E-state index is 0.00291. The molecule has 9 nitrogen and oxygen atoms in total. The number of sulfonamides is 1. The Morgan fingerprint density at radius 2 is 1.88 bits per heavy atom. The van der Waals surface area contributed by atoms with Crippen LogP contribution in [0, 0.1) is 11.8 Å². The van der Waals surface area contributed by atoms with E-state index >= 15 is 0 Å². The molecule has 2 unspecified atom stereocenters. The lowest BCUT2D eigenvalue weighted by Gasteiger charge is -2.27. The van der Waals surface area contributed by atoms with Gasteiger partial charge in [-0.25, -0.2) is 13.1 Å². The summed E-state index contributed by atoms with van der Waals surface area (Å²) in [7, 11) is -2.35. The van der Waals surface area contributed by atoms with E-state index in [0.29, 0.717) is 35.2 Å². The van der Waals surface area contributed by atoms with Crippen molar-refractivity contribution >= 4 is 44.8 Å². The first-order valence-electron chi connectivity index (χ1n) is 17.7. The standard InChI is InChI=1S/C37H50ClN3O6S2/c1-26-13-17-33(47-25-31(26)37(43)39-21-7-6-11-27-9-4-3-5-10-27)32-12-8-22-41(32)24-29-23-30(46-2)16-14-28(29)15-19-35(42)40-49(44,45)36-20-18-34(38)48-36/h14,16-18,20,23,25-27,32H,3-13,15,19,21-22,24H2,1-2H3,(H,39,43)(H,40,42). The quantitative estimate of drug-likeness (QED) is 0.182.